The molecule has 6 heteroatoms. The van der Waals surface area contributed by atoms with E-state index in [1.807, 2.05) is 34.6 Å². The molecule has 4 heterocycles. The van der Waals surface area contributed by atoms with Gasteiger partial charge in [0, 0.05) is 32.1 Å². The quantitative estimate of drug-likeness (QED) is 0.866. The molecule has 24 heavy (non-hydrogen) atoms. The van der Waals surface area contributed by atoms with E-state index in [1.165, 1.54) is 0 Å². The first-order chi connectivity index (χ1) is 11.6. The van der Waals surface area contributed by atoms with Gasteiger partial charge in [0.1, 0.15) is 11.3 Å². The number of aromatic nitrogens is 2. The summed E-state index contributed by atoms with van der Waals surface area (Å²) in [5.74, 6) is -0.0433. The maximum Gasteiger partial charge on any atom is 0.274 e. The molecule has 1 atom stereocenters. The molecular weight excluding hydrogens is 306 g/mol. The summed E-state index contributed by atoms with van der Waals surface area (Å²) >= 11 is 0. The number of hydrogen-bond donors (Lipinski definition) is 1. The predicted molar refractivity (Wildman–Crippen MR) is 89.0 cm³/mol. The van der Waals surface area contributed by atoms with Crippen molar-refractivity contribution >= 4 is 11.6 Å². The van der Waals surface area contributed by atoms with Crippen LogP contribution in [0.3, 0.4) is 0 Å². The number of hydrogen-bond acceptors (Lipinski definition) is 4. The molecule has 0 saturated carbocycles. The Hall–Kier alpha value is -1.92. The summed E-state index contributed by atoms with van der Waals surface area (Å²) in [5, 5.41) is 10.3. The summed E-state index contributed by atoms with van der Waals surface area (Å²) in [7, 11) is 0. The first kappa shape index (κ1) is 15.6. The summed E-state index contributed by atoms with van der Waals surface area (Å²) in [6.07, 6.45) is 6.36. The van der Waals surface area contributed by atoms with Gasteiger partial charge in [0.2, 0.25) is 0 Å². The number of likely N-dealkylation sites (tertiary alicyclic amines) is 1. The molecule has 2 saturated heterocycles. The third-order valence-corrected chi connectivity index (χ3v) is 5.41. The average Bonchev–Trinajstić information content (AvgIpc) is 3.03. The van der Waals surface area contributed by atoms with Gasteiger partial charge in [-0.05, 0) is 44.2 Å². The lowest BCUT2D eigenvalue weighted by molar-refractivity contribution is -0.174. The average molecular weight is 329 g/mol. The minimum atomic E-state index is -0.454. The molecular formula is C18H23N3O3. The molecule has 0 aliphatic carbocycles. The number of rotatable bonds is 1. The van der Waals surface area contributed by atoms with Crippen molar-refractivity contribution < 1.29 is 14.6 Å². The van der Waals surface area contributed by atoms with E-state index in [1.54, 1.807) is 6.20 Å². The van der Waals surface area contributed by atoms with Gasteiger partial charge in [-0.15, -0.1) is 0 Å². The largest absolute Gasteiger partial charge is 0.390 e. The Labute approximate surface area is 141 Å². The lowest BCUT2D eigenvalue weighted by Gasteiger charge is -2.46. The fraction of sp³-hybridized carbons (Fsp3) is 0.556. The smallest absolute Gasteiger partial charge is 0.274 e. The highest BCUT2D eigenvalue weighted by Crippen LogP contribution is 2.35. The summed E-state index contributed by atoms with van der Waals surface area (Å²) in [5.41, 5.74) is 1.89. The number of piperidine rings is 1. The van der Waals surface area contributed by atoms with Crippen molar-refractivity contribution in [3.8, 4) is 0 Å². The lowest BCUT2D eigenvalue weighted by atomic mass is 9.82. The highest BCUT2D eigenvalue weighted by atomic mass is 16.5. The van der Waals surface area contributed by atoms with Crippen LogP contribution in [-0.2, 0) is 4.74 Å². The molecule has 128 valence electrons. The number of pyridine rings is 1. The van der Waals surface area contributed by atoms with Crippen molar-refractivity contribution in [1.29, 1.82) is 0 Å². The van der Waals surface area contributed by atoms with Gasteiger partial charge >= 0.3 is 0 Å². The molecule has 2 fully saturated rings. The molecule has 1 unspecified atom stereocenters. The van der Waals surface area contributed by atoms with Crippen molar-refractivity contribution in [2.75, 3.05) is 19.7 Å². The van der Waals surface area contributed by atoms with Crippen LogP contribution in [0.25, 0.3) is 5.65 Å². The van der Waals surface area contributed by atoms with Crippen LogP contribution in [0.5, 0.6) is 0 Å². The molecule has 0 radical (unpaired) electrons. The second kappa shape index (κ2) is 5.86. The second-order valence-corrected chi connectivity index (χ2v) is 6.91. The summed E-state index contributed by atoms with van der Waals surface area (Å²) < 4.78 is 7.80. The van der Waals surface area contributed by atoms with E-state index < -0.39 is 11.7 Å². The first-order valence-electron chi connectivity index (χ1n) is 8.65. The van der Waals surface area contributed by atoms with Gasteiger partial charge in [-0.1, -0.05) is 6.07 Å². The number of carbonyl (C=O) groups excluding carboxylic acids is 1. The Bertz CT molecular complexity index is 762. The Kier molecular flexibility index (Phi) is 3.81. The number of fused-ring (bicyclic) bond motifs is 1. The van der Waals surface area contributed by atoms with Gasteiger partial charge in [0.25, 0.3) is 5.91 Å². The van der Waals surface area contributed by atoms with Crippen LogP contribution in [0.1, 0.15) is 41.7 Å². The molecule has 1 amide bonds. The minimum absolute atomic E-state index is 0.0433. The van der Waals surface area contributed by atoms with Gasteiger partial charge in [-0.3, -0.25) is 4.79 Å². The normalized spacial score (nSPS) is 23.8. The fourth-order valence-electron chi connectivity index (χ4n) is 3.90. The number of carbonyl (C=O) groups is 1. The minimum Gasteiger partial charge on any atom is -0.390 e. The second-order valence-electron chi connectivity index (χ2n) is 6.91. The molecule has 1 spiro atoms. The van der Waals surface area contributed by atoms with Crippen molar-refractivity contribution in [3.05, 3.63) is 35.8 Å². The van der Waals surface area contributed by atoms with E-state index in [0.717, 1.165) is 24.1 Å². The summed E-state index contributed by atoms with van der Waals surface area (Å²) in [6.45, 7) is 3.89. The molecule has 2 aliphatic rings. The molecule has 2 aliphatic heterocycles. The Morgan fingerprint density at radius 3 is 2.92 bits per heavy atom. The number of aliphatic hydroxyl groups is 1. The highest BCUT2D eigenvalue weighted by molar-refractivity contribution is 5.93. The van der Waals surface area contributed by atoms with E-state index in [0.29, 0.717) is 38.2 Å². The maximum atomic E-state index is 12.8. The van der Waals surface area contributed by atoms with Gasteiger partial charge in [-0.2, -0.15) is 0 Å². The standard InChI is InChI=1S/C18H23N3O3/c1-13-4-2-8-21-12-14(19-16(13)21)17(23)20-9-6-18(7-10-20)15(22)5-3-11-24-18/h2,4,8,12,15,22H,3,5-7,9-11H2,1H3. The molecule has 4 rings (SSSR count). The van der Waals surface area contributed by atoms with E-state index in [2.05, 4.69) is 4.98 Å². The van der Waals surface area contributed by atoms with E-state index >= 15 is 0 Å². The molecule has 0 bridgehead atoms. The van der Waals surface area contributed by atoms with Gasteiger partial charge in [-0.25, -0.2) is 4.98 Å². The Morgan fingerprint density at radius 2 is 2.21 bits per heavy atom. The third kappa shape index (κ3) is 2.50. The van der Waals surface area contributed by atoms with Crippen LogP contribution in [-0.4, -0.2) is 56.7 Å². The Balaban J connectivity index is 1.50. The van der Waals surface area contributed by atoms with E-state index in [4.69, 9.17) is 4.74 Å². The molecule has 2 aromatic rings. The maximum absolute atomic E-state index is 12.8. The van der Waals surface area contributed by atoms with Crippen LogP contribution in [0.2, 0.25) is 0 Å². The number of aliphatic hydroxyl groups excluding tert-OH is 1. The van der Waals surface area contributed by atoms with Crippen LogP contribution in [0.15, 0.2) is 24.5 Å². The zero-order chi connectivity index (χ0) is 16.7. The molecule has 2 aromatic heterocycles. The van der Waals surface area contributed by atoms with E-state index in [9.17, 15) is 9.90 Å². The number of nitrogens with zero attached hydrogens (tertiary/aromatic N) is 3. The topological polar surface area (TPSA) is 67.1 Å². The lowest BCUT2D eigenvalue weighted by Crippen LogP contribution is -2.56. The SMILES string of the molecule is Cc1cccn2cc(C(=O)N3CCC4(CC3)OCCCC4O)nc12. The highest BCUT2D eigenvalue weighted by Gasteiger charge is 2.44. The number of imidazole rings is 1. The van der Waals surface area contributed by atoms with Crippen LogP contribution in [0.4, 0.5) is 0 Å². The van der Waals surface area contributed by atoms with Crippen molar-refractivity contribution in [1.82, 2.24) is 14.3 Å². The predicted octanol–water partition coefficient (Wildman–Crippen LogP) is 1.79. The Morgan fingerprint density at radius 1 is 1.42 bits per heavy atom. The van der Waals surface area contributed by atoms with Crippen LogP contribution < -0.4 is 0 Å². The van der Waals surface area contributed by atoms with Gasteiger partial charge in [0.15, 0.2) is 0 Å². The molecule has 0 aromatic carbocycles. The molecule has 6 nitrogen and oxygen atoms in total. The number of aryl methyl sites for hydroxylation is 1. The van der Waals surface area contributed by atoms with Crippen molar-refractivity contribution in [2.45, 2.75) is 44.3 Å². The number of amides is 1. The van der Waals surface area contributed by atoms with Crippen molar-refractivity contribution in [3.63, 3.8) is 0 Å². The van der Waals surface area contributed by atoms with Gasteiger partial charge in [0.05, 0.1) is 11.7 Å². The van der Waals surface area contributed by atoms with Gasteiger partial charge < -0.3 is 19.1 Å². The summed E-state index contributed by atoms with van der Waals surface area (Å²) in [4.78, 5) is 19.1. The van der Waals surface area contributed by atoms with Crippen LogP contribution in [0, 0.1) is 6.92 Å². The fourth-order valence-corrected chi connectivity index (χ4v) is 3.90. The zero-order valence-electron chi connectivity index (χ0n) is 13.9. The van der Waals surface area contributed by atoms with E-state index in [-0.39, 0.29) is 5.91 Å². The van der Waals surface area contributed by atoms with Crippen LogP contribution >= 0.6 is 0 Å². The first-order valence-corrected chi connectivity index (χ1v) is 8.65. The monoisotopic (exact) mass is 329 g/mol. The zero-order valence-corrected chi connectivity index (χ0v) is 13.9. The molecule has 1 N–H and O–H groups in total. The summed E-state index contributed by atoms with van der Waals surface area (Å²) in [6, 6.07) is 3.94. The number of ether oxygens (including phenoxy) is 1. The third-order valence-electron chi connectivity index (χ3n) is 5.41. The van der Waals surface area contributed by atoms with Crippen molar-refractivity contribution in [2.24, 2.45) is 0 Å².